The van der Waals surface area contributed by atoms with Gasteiger partial charge in [-0.2, -0.15) is 0 Å². The van der Waals surface area contributed by atoms with Gasteiger partial charge >= 0.3 is 0 Å². The molecule has 0 aliphatic carbocycles. The molecule has 0 saturated heterocycles. The highest BCUT2D eigenvalue weighted by atomic mass is 35.5. The molecule has 0 unspecified atom stereocenters. The number of anilines is 1. The van der Waals surface area contributed by atoms with Crippen LogP contribution in [0.5, 0.6) is 0 Å². The third-order valence-corrected chi connectivity index (χ3v) is 3.19. The maximum Gasteiger partial charge on any atom is 0.258 e. The van der Waals surface area contributed by atoms with E-state index in [1.165, 1.54) is 0 Å². The average Bonchev–Trinajstić information content (AvgIpc) is 2.87. The summed E-state index contributed by atoms with van der Waals surface area (Å²) < 4.78 is 5.13. The maximum absolute atomic E-state index is 12.0. The van der Waals surface area contributed by atoms with E-state index in [1.54, 1.807) is 18.2 Å². The number of hydrogen-bond acceptors (Lipinski definition) is 3. The van der Waals surface area contributed by atoms with E-state index < -0.39 is 0 Å². The van der Waals surface area contributed by atoms with E-state index in [0.717, 1.165) is 11.3 Å². The van der Waals surface area contributed by atoms with Crippen LogP contribution >= 0.6 is 11.6 Å². The van der Waals surface area contributed by atoms with Crippen molar-refractivity contribution in [1.29, 1.82) is 0 Å². The molecule has 1 aromatic carbocycles. The molecule has 0 saturated carbocycles. The number of halogens is 1. The van der Waals surface area contributed by atoms with Crippen molar-refractivity contribution in [3.05, 3.63) is 47.2 Å². The van der Waals surface area contributed by atoms with Gasteiger partial charge in [-0.05, 0) is 17.7 Å². The lowest BCUT2D eigenvalue weighted by Gasteiger charge is -2.12. The minimum Gasteiger partial charge on any atom is -0.338 e. The Morgan fingerprint density at radius 1 is 1.30 bits per heavy atom. The molecular formula is C15H17ClN2O2. The van der Waals surface area contributed by atoms with E-state index in [0.29, 0.717) is 17.3 Å². The fourth-order valence-electron chi connectivity index (χ4n) is 1.62. The third kappa shape index (κ3) is 3.39. The molecule has 0 radical (unpaired) electrons. The largest absolute Gasteiger partial charge is 0.338 e. The predicted molar refractivity (Wildman–Crippen MR) is 79.2 cm³/mol. The number of carbonyl (C=O) groups excluding carboxylic acids is 1. The van der Waals surface area contributed by atoms with Crippen LogP contribution < -0.4 is 5.32 Å². The molecule has 0 bridgehead atoms. The molecule has 0 fully saturated rings. The summed E-state index contributed by atoms with van der Waals surface area (Å²) in [5.74, 6) is 0.544. The Bertz CT molecular complexity index is 597. The second kappa shape index (κ2) is 5.67. The van der Waals surface area contributed by atoms with Crippen molar-refractivity contribution in [2.45, 2.75) is 32.1 Å². The van der Waals surface area contributed by atoms with Crippen LogP contribution in [0.1, 0.15) is 42.4 Å². The van der Waals surface area contributed by atoms with Gasteiger partial charge < -0.3 is 4.52 Å². The standard InChI is InChI=1S/C15H17ClN2O2/c1-15(2,3)12-8-13(20-18-12)17-14(19)11-6-4-10(9-16)5-7-11/h4-8H,9H2,1-3H3,(H,17,19). The minimum atomic E-state index is -0.234. The van der Waals surface area contributed by atoms with Gasteiger partial charge in [-0.25, -0.2) is 0 Å². The molecule has 0 atom stereocenters. The zero-order valence-electron chi connectivity index (χ0n) is 11.7. The molecular weight excluding hydrogens is 276 g/mol. The topological polar surface area (TPSA) is 55.1 Å². The van der Waals surface area contributed by atoms with Crippen LogP contribution in [0.2, 0.25) is 0 Å². The maximum atomic E-state index is 12.0. The Balaban J connectivity index is 2.09. The number of rotatable bonds is 3. The molecule has 0 aliphatic heterocycles. The smallest absolute Gasteiger partial charge is 0.258 e. The molecule has 4 nitrogen and oxygen atoms in total. The quantitative estimate of drug-likeness (QED) is 0.871. The molecule has 0 spiro atoms. The van der Waals surface area contributed by atoms with E-state index in [2.05, 4.69) is 10.5 Å². The van der Waals surface area contributed by atoms with Crippen molar-refractivity contribution < 1.29 is 9.32 Å². The van der Waals surface area contributed by atoms with Gasteiger partial charge in [0.05, 0.1) is 5.69 Å². The van der Waals surface area contributed by atoms with Crippen molar-refractivity contribution in [3.63, 3.8) is 0 Å². The Kier molecular flexibility index (Phi) is 4.14. The molecule has 1 heterocycles. The van der Waals surface area contributed by atoms with Crippen molar-refractivity contribution in [3.8, 4) is 0 Å². The van der Waals surface area contributed by atoms with Gasteiger partial charge in [0.2, 0.25) is 5.88 Å². The fraction of sp³-hybridized carbons (Fsp3) is 0.333. The first-order chi connectivity index (χ1) is 9.40. The Hall–Kier alpha value is -1.81. The summed E-state index contributed by atoms with van der Waals surface area (Å²) in [5, 5.41) is 6.64. The van der Waals surface area contributed by atoms with Crippen LogP contribution in [0.4, 0.5) is 5.88 Å². The van der Waals surface area contributed by atoms with Crippen LogP contribution in [-0.2, 0) is 11.3 Å². The zero-order chi connectivity index (χ0) is 14.8. The monoisotopic (exact) mass is 292 g/mol. The summed E-state index contributed by atoms with van der Waals surface area (Å²) in [4.78, 5) is 12.0. The first-order valence-electron chi connectivity index (χ1n) is 6.33. The van der Waals surface area contributed by atoms with E-state index >= 15 is 0 Å². The normalized spacial score (nSPS) is 11.4. The third-order valence-electron chi connectivity index (χ3n) is 2.89. The van der Waals surface area contributed by atoms with Crippen LogP contribution in [-0.4, -0.2) is 11.1 Å². The summed E-state index contributed by atoms with van der Waals surface area (Å²) in [7, 11) is 0. The number of amides is 1. The molecule has 2 aromatic rings. The van der Waals surface area contributed by atoms with E-state index in [4.69, 9.17) is 16.1 Å². The van der Waals surface area contributed by atoms with Gasteiger partial charge in [-0.1, -0.05) is 38.1 Å². The van der Waals surface area contributed by atoms with E-state index in [-0.39, 0.29) is 11.3 Å². The molecule has 20 heavy (non-hydrogen) atoms. The molecule has 5 heteroatoms. The lowest BCUT2D eigenvalue weighted by atomic mass is 9.92. The highest BCUT2D eigenvalue weighted by Crippen LogP contribution is 2.23. The van der Waals surface area contributed by atoms with Gasteiger partial charge in [0.1, 0.15) is 0 Å². The van der Waals surface area contributed by atoms with Gasteiger partial charge in [-0.3, -0.25) is 10.1 Å². The van der Waals surface area contributed by atoms with Crippen molar-refractivity contribution in [1.82, 2.24) is 5.16 Å². The molecule has 1 aromatic heterocycles. The minimum absolute atomic E-state index is 0.117. The number of hydrogen-bond donors (Lipinski definition) is 1. The van der Waals surface area contributed by atoms with Gasteiger partial charge in [0.25, 0.3) is 5.91 Å². The van der Waals surface area contributed by atoms with Crippen LogP contribution in [0, 0.1) is 0 Å². The number of alkyl halides is 1. The first kappa shape index (κ1) is 14.6. The predicted octanol–water partition coefficient (Wildman–Crippen LogP) is 3.96. The summed E-state index contributed by atoms with van der Waals surface area (Å²) >= 11 is 5.71. The highest BCUT2D eigenvalue weighted by molar-refractivity contribution is 6.17. The van der Waals surface area contributed by atoms with Crippen LogP contribution in [0.3, 0.4) is 0 Å². The summed E-state index contributed by atoms with van der Waals surface area (Å²) in [5.41, 5.74) is 2.20. The first-order valence-corrected chi connectivity index (χ1v) is 6.87. The number of aromatic nitrogens is 1. The molecule has 1 N–H and O–H groups in total. The Morgan fingerprint density at radius 2 is 1.95 bits per heavy atom. The number of nitrogens with zero attached hydrogens (tertiary/aromatic N) is 1. The van der Waals surface area contributed by atoms with E-state index in [1.807, 2.05) is 32.9 Å². The van der Waals surface area contributed by atoms with Crippen LogP contribution in [0.25, 0.3) is 0 Å². The Labute approximate surface area is 123 Å². The second-order valence-corrected chi connectivity index (χ2v) is 5.88. The van der Waals surface area contributed by atoms with Crippen LogP contribution in [0.15, 0.2) is 34.9 Å². The Morgan fingerprint density at radius 3 is 2.45 bits per heavy atom. The van der Waals surface area contributed by atoms with Crippen molar-refractivity contribution in [2.75, 3.05) is 5.32 Å². The average molecular weight is 293 g/mol. The molecule has 2 rings (SSSR count). The number of nitrogens with one attached hydrogen (secondary N) is 1. The summed E-state index contributed by atoms with van der Waals surface area (Å²) in [6.45, 7) is 6.09. The number of benzene rings is 1. The van der Waals surface area contributed by atoms with Gasteiger partial charge in [-0.15, -0.1) is 11.6 Å². The summed E-state index contributed by atoms with van der Waals surface area (Å²) in [6, 6.07) is 8.85. The van der Waals surface area contributed by atoms with Gasteiger partial charge in [0, 0.05) is 22.9 Å². The van der Waals surface area contributed by atoms with Crippen molar-refractivity contribution >= 4 is 23.4 Å². The van der Waals surface area contributed by atoms with Crippen molar-refractivity contribution in [2.24, 2.45) is 0 Å². The molecule has 0 aliphatic rings. The number of carbonyl (C=O) groups is 1. The summed E-state index contributed by atoms with van der Waals surface area (Å²) in [6.07, 6.45) is 0. The lowest BCUT2D eigenvalue weighted by molar-refractivity contribution is 0.102. The SMILES string of the molecule is CC(C)(C)c1cc(NC(=O)c2ccc(CCl)cc2)on1. The molecule has 1 amide bonds. The second-order valence-electron chi connectivity index (χ2n) is 5.61. The molecule has 106 valence electrons. The lowest BCUT2D eigenvalue weighted by Crippen LogP contribution is -2.12. The highest BCUT2D eigenvalue weighted by Gasteiger charge is 2.19. The zero-order valence-corrected chi connectivity index (χ0v) is 12.5. The van der Waals surface area contributed by atoms with E-state index in [9.17, 15) is 4.79 Å². The fourth-order valence-corrected chi connectivity index (χ4v) is 1.80. The van der Waals surface area contributed by atoms with Gasteiger partial charge in [0.15, 0.2) is 0 Å².